The molecule has 0 bridgehead atoms. The number of urea groups is 1. The van der Waals surface area contributed by atoms with E-state index >= 15 is 0 Å². The van der Waals surface area contributed by atoms with Crippen molar-refractivity contribution in [3.05, 3.63) is 40.7 Å². The van der Waals surface area contributed by atoms with Crippen LogP contribution in [0.25, 0.3) is 5.69 Å². The van der Waals surface area contributed by atoms with Gasteiger partial charge in [-0.1, -0.05) is 24.3 Å². The third-order valence-electron chi connectivity index (χ3n) is 5.61. The molecule has 3 rings (SSSR count). The van der Waals surface area contributed by atoms with Crippen molar-refractivity contribution in [3.63, 3.8) is 0 Å². The van der Waals surface area contributed by atoms with E-state index in [9.17, 15) is 9.59 Å². The van der Waals surface area contributed by atoms with Crippen LogP contribution in [0.15, 0.2) is 18.2 Å². The third kappa shape index (κ3) is 4.47. The van der Waals surface area contributed by atoms with Crippen LogP contribution in [0, 0.1) is 6.92 Å². The van der Waals surface area contributed by atoms with Crippen molar-refractivity contribution in [1.82, 2.24) is 30.5 Å². The molecule has 162 valence electrons. The van der Waals surface area contributed by atoms with Gasteiger partial charge < -0.3 is 15.5 Å². The fourth-order valence-corrected chi connectivity index (χ4v) is 3.52. The topological polar surface area (TPSA) is 92.2 Å². The Hall–Kier alpha value is -2.90. The van der Waals surface area contributed by atoms with E-state index in [1.807, 2.05) is 64.6 Å². The highest BCUT2D eigenvalue weighted by molar-refractivity contribution is 5.93. The van der Waals surface area contributed by atoms with E-state index in [4.69, 9.17) is 0 Å². The van der Waals surface area contributed by atoms with Crippen LogP contribution >= 0.6 is 0 Å². The van der Waals surface area contributed by atoms with Crippen molar-refractivity contribution in [2.75, 3.05) is 6.54 Å². The minimum atomic E-state index is -0.306. The summed E-state index contributed by atoms with van der Waals surface area (Å²) in [6.45, 7) is 13.0. The Balaban J connectivity index is 1.87. The van der Waals surface area contributed by atoms with Gasteiger partial charge in [-0.3, -0.25) is 4.79 Å². The predicted molar refractivity (Wildman–Crippen MR) is 116 cm³/mol. The number of carbonyl (C=O) groups excluding carboxylic acids is 2. The molecule has 0 atom stereocenters. The third-order valence-corrected chi connectivity index (χ3v) is 5.61. The number of carbonyl (C=O) groups is 2. The highest BCUT2D eigenvalue weighted by atomic mass is 16.2. The van der Waals surface area contributed by atoms with E-state index in [-0.39, 0.29) is 23.5 Å². The summed E-state index contributed by atoms with van der Waals surface area (Å²) in [5.74, 6) is -0.216. The number of benzene rings is 1. The van der Waals surface area contributed by atoms with Gasteiger partial charge in [-0.25, -0.2) is 9.48 Å². The zero-order valence-corrected chi connectivity index (χ0v) is 18.7. The molecule has 0 fully saturated rings. The van der Waals surface area contributed by atoms with Crippen molar-refractivity contribution < 1.29 is 9.59 Å². The summed E-state index contributed by atoms with van der Waals surface area (Å²) >= 11 is 0. The minimum absolute atomic E-state index is 0.0458. The molecule has 2 aromatic rings. The normalized spacial score (nSPS) is 13.9. The number of hydrogen-bond donors (Lipinski definition) is 2. The first-order valence-corrected chi connectivity index (χ1v) is 10.5. The van der Waals surface area contributed by atoms with E-state index in [0.29, 0.717) is 24.5 Å². The molecule has 0 saturated heterocycles. The molecule has 0 saturated carbocycles. The van der Waals surface area contributed by atoms with Gasteiger partial charge in [0, 0.05) is 24.7 Å². The Morgan fingerprint density at radius 2 is 2.00 bits per heavy atom. The number of hydrogen-bond acceptors (Lipinski definition) is 4. The first kappa shape index (κ1) is 21.8. The van der Waals surface area contributed by atoms with E-state index < -0.39 is 0 Å². The lowest BCUT2D eigenvalue weighted by atomic mass is 9.97. The van der Waals surface area contributed by atoms with Crippen LogP contribution in [-0.4, -0.2) is 50.0 Å². The number of nitrogens with zero attached hydrogens (tertiary/aromatic N) is 4. The summed E-state index contributed by atoms with van der Waals surface area (Å²) in [5, 5.41) is 14.4. The molecular formula is C22H32N6O2. The highest BCUT2D eigenvalue weighted by Crippen LogP contribution is 2.26. The van der Waals surface area contributed by atoms with Crippen LogP contribution in [0.5, 0.6) is 0 Å². The molecule has 1 aliphatic heterocycles. The Bertz CT molecular complexity index is 947. The minimum Gasteiger partial charge on any atom is -0.346 e. The second-order valence-corrected chi connectivity index (χ2v) is 8.82. The van der Waals surface area contributed by atoms with E-state index in [2.05, 4.69) is 20.9 Å². The SMILES string of the molecule is CCC(C)(C)NC(=O)c1nnn(-c2cccc3c2CCN(C(=O)NC(C)C)C3)c1C. The number of amides is 3. The van der Waals surface area contributed by atoms with Gasteiger partial charge in [-0.2, -0.15) is 0 Å². The zero-order valence-electron chi connectivity index (χ0n) is 18.7. The van der Waals surface area contributed by atoms with Crippen molar-refractivity contribution in [1.29, 1.82) is 0 Å². The standard InChI is InChI=1S/C22H32N6O2/c1-7-22(5,6)24-20(29)19-15(4)28(26-25-19)18-10-8-9-16-13-27(12-11-17(16)18)21(30)23-14(2)3/h8-10,14H,7,11-13H2,1-6H3,(H,23,30)(H,24,29). The molecule has 2 heterocycles. The van der Waals surface area contributed by atoms with Crippen LogP contribution in [0.2, 0.25) is 0 Å². The Kier molecular flexibility index (Phi) is 6.14. The van der Waals surface area contributed by atoms with Crippen LogP contribution in [-0.2, 0) is 13.0 Å². The van der Waals surface area contributed by atoms with E-state index in [0.717, 1.165) is 29.7 Å². The molecule has 1 aromatic heterocycles. The largest absolute Gasteiger partial charge is 0.346 e. The van der Waals surface area contributed by atoms with Gasteiger partial charge >= 0.3 is 6.03 Å². The Labute approximate surface area is 178 Å². The summed E-state index contributed by atoms with van der Waals surface area (Å²) in [7, 11) is 0. The average molecular weight is 413 g/mol. The number of fused-ring (bicyclic) bond motifs is 1. The first-order chi connectivity index (χ1) is 14.1. The molecule has 0 spiro atoms. The summed E-state index contributed by atoms with van der Waals surface area (Å²) in [6.07, 6.45) is 1.54. The summed E-state index contributed by atoms with van der Waals surface area (Å²) in [4.78, 5) is 26.9. The Morgan fingerprint density at radius 3 is 2.67 bits per heavy atom. The molecule has 0 radical (unpaired) electrons. The lowest BCUT2D eigenvalue weighted by molar-refractivity contribution is 0.0905. The van der Waals surface area contributed by atoms with Gasteiger partial charge in [0.25, 0.3) is 5.91 Å². The predicted octanol–water partition coefficient (Wildman–Crippen LogP) is 2.97. The summed E-state index contributed by atoms with van der Waals surface area (Å²) < 4.78 is 1.73. The molecule has 1 aromatic carbocycles. The van der Waals surface area contributed by atoms with Gasteiger partial charge in [-0.15, -0.1) is 5.10 Å². The van der Waals surface area contributed by atoms with Crippen molar-refractivity contribution in [2.45, 2.75) is 72.5 Å². The van der Waals surface area contributed by atoms with Crippen LogP contribution in [0.1, 0.15) is 68.3 Å². The fourth-order valence-electron chi connectivity index (χ4n) is 3.52. The van der Waals surface area contributed by atoms with Gasteiger partial charge in [0.1, 0.15) is 0 Å². The van der Waals surface area contributed by atoms with Gasteiger partial charge in [0.05, 0.1) is 11.4 Å². The lowest BCUT2D eigenvalue weighted by Gasteiger charge is -2.30. The number of nitrogens with one attached hydrogen (secondary N) is 2. The maximum absolute atomic E-state index is 12.7. The van der Waals surface area contributed by atoms with Crippen molar-refractivity contribution >= 4 is 11.9 Å². The van der Waals surface area contributed by atoms with Crippen molar-refractivity contribution in [3.8, 4) is 5.69 Å². The average Bonchev–Trinajstić information content (AvgIpc) is 3.07. The van der Waals surface area contributed by atoms with Crippen molar-refractivity contribution in [2.24, 2.45) is 0 Å². The molecule has 8 nitrogen and oxygen atoms in total. The van der Waals surface area contributed by atoms with E-state index in [1.165, 1.54) is 0 Å². The highest BCUT2D eigenvalue weighted by Gasteiger charge is 2.27. The number of aromatic nitrogens is 3. The quantitative estimate of drug-likeness (QED) is 0.790. The Morgan fingerprint density at radius 1 is 1.27 bits per heavy atom. The second-order valence-electron chi connectivity index (χ2n) is 8.82. The van der Waals surface area contributed by atoms with Crippen LogP contribution < -0.4 is 10.6 Å². The molecule has 3 amide bonds. The second kappa shape index (κ2) is 8.45. The zero-order chi connectivity index (χ0) is 22.1. The maximum atomic E-state index is 12.7. The van der Waals surface area contributed by atoms with Gasteiger partial charge in [-0.05, 0) is 64.7 Å². The summed E-state index contributed by atoms with van der Waals surface area (Å²) in [5.41, 5.74) is 3.87. The lowest BCUT2D eigenvalue weighted by Crippen LogP contribution is -2.45. The monoisotopic (exact) mass is 412 g/mol. The molecule has 0 unspecified atom stereocenters. The first-order valence-electron chi connectivity index (χ1n) is 10.5. The van der Waals surface area contributed by atoms with Gasteiger partial charge in [0.2, 0.25) is 0 Å². The fraction of sp³-hybridized carbons (Fsp3) is 0.545. The number of rotatable bonds is 5. The molecule has 1 aliphatic rings. The molecule has 30 heavy (non-hydrogen) atoms. The molecule has 8 heteroatoms. The van der Waals surface area contributed by atoms with Gasteiger partial charge in [0.15, 0.2) is 5.69 Å². The smallest absolute Gasteiger partial charge is 0.317 e. The van der Waals surface area contributed by atoms with E-state index in [1.54, 1.807) is 4.68 Å². The summed E-state index contributed by atoms with van der Waals surface area (Å²) in [6, 6.07) is 6.04. The molecular weight excluding hydrogens is 380 g/mol. The molecule has 2 N–H and O–H groups in total. The van der Waals surface area contributed by atoms with Crippen LogP contribution in [0.4, 0.5) is 4.79 Å². The molecule has 0 aliphatic carbocycles. The maximum Gasteiger partial charge on any atom is 0.317 e. The van der Waals surface area contributed by atoms with Crippen LogP contribution in [0.3, 0.4) is 0 Å².